The number of hydrogen-bond donors (Lipinski definition) is 1. The highest BCUT2D eigenvalue weighted by molar-refractivity contribution is 7.89. The molecule has 2 fully saturated rings. The second kappa shape index (κ2) is 9.38. The van der Waals surface area contributed by atoms with Gasteiger partial charge in [-0.3, -0.25) is 4.79 Å². The van der Waals surface area contributed by atoms with E-state index in [1.54, 1.807) is 19.2 Å². The lowest BCUT2D eigenvalue weighted by molar-refractivity contribution is 0.102. The van der Waals surface area contributed by atoms with Crippen LogP contribution in [0.1, 0.15) is 36.0 Å². The van der Waals surface area contributed by atoms with Gasteiger partial charge in [-0.1, -0.05) is 6.42 Å². The Morgan fingerprint density at radius 2 is 1.65 bits per heavy atom. The predicted molar refractivity (Wildman–Crippen MR) is 121 cm³/mol. The number of nitrogens with one attached hydrogen (secondary N) is 1. The molecule has 166 valence electrons. The molecule has 2 aromatic rings. The van der Waals surface area contributed by atoms with Crippen LogP contribution in [0.5, 0.6) is 0 Å². The molecule has 2 saturated heterocycles. The van der Waals surface area contributed by atoms with Gasteiger partial charge in [-0.25, -0.2) is 8.42 Å². The molecule has 1 unspecified atom stereocenters. The van der Waals surface area contributed by atoms with E-state index in [4.69, 9.17) is 4.74 Å². The fourth-order valence-electron chi connectivity index (χ4n) is 4.15. The van der Waals surface area contributed by atoms with E-state index in [0.29, 0.717) is 24.3 Å². The number of anilines is 2. The van der Waals surface area contributed by atoms with Crippen molar-refractivity contribution in [2.75, 3.05) is 43.5 Å². The fourth-order valence-corrected chi connectivity index (χ4v) is 5.66. The van der Waals surface area contributed by atoms with E-state index in [9.17, 15) is 13.2 Å². The first-order valence-electron chi connectivity index (χ1n) is 10.8. The van der Waals surface area contributed by atoms with E-state index in [0.717, 1.165) is 44.5 Å². The van der Waals surface area contributed by atoms with E-state index in [-0.39, 0.29) is 16.9 Å². The molecule has 2 aliphatic heterocycles. The molecule has 2 heterocycles. The number of rotatable bonds is 6. The first kappa shape index (κ1) is 21.8. The molecule has 0 spiro atoms. The lowest BCUT2D eigenvalue weighted by atomic mass is 10.2. The van der Waals surface area contributed by atoms with Crippen molar-refractivity contribution in [1.29, 1.82) is 0 Å². The SMILES string of the molecule is COC1CCN(c2ccc(NC(=O)c3ccc(S(=O)(=O)N4CCCCC4)cc3)cc2)C1. The summed E-state index contributed by atoms with van der Waals surface area (Å²) < 4.78 is 32.4. The van der Waals surface area contributed by atoms with Gasteiger partial charge in [0.05, 0.1) is 11.0 Å². The van der Waals surface area contributed by atoms with Crippen molar-refractivity contribution in [2.45, 2.75) is 36.7 Å². The fraction of sp³-hybridized carbons (Fsp3) is 0.435. The number of carbonyl (C=O) groups excluding carboxylic acids is 1. The molecule has 0 aromatic heterocycles. The highest BCUT2D eigenvalue weighted by Crippen LogP contribution is 2.24. The average molecular weight is 444 g/mol. The van der Waals surface area contributed by atoms with Gasteiger partial charge in [0.1, 0.15) is 0 Å². The number of methoxy groups -OCH3 is 1. The van der Waals surface area contributed by atoms with Crippen LogP contribution < -0.4 is 10.2 Å². The normalized spacial score (nSPS) is 20.0. The van der Waals surface area contributed by atoms with Crippen molar-refractivity contribution in [3.05, 3.63) is 54.1 Å². The molecule has 31 heavy (non-hydrogen) atoms. The van der Waals surface area contributed by atoms with Crippen LogP contribution in [-0.2, 0) is 14.8 Å². The zero-order chi connectivity index (χ0) is 21.8. The first-order chi connectivity index (χ1) is 15.0. The van der Waals surface area contributed by atoms with Crippen LogP contribution in [0.2, 0.25) is 0 Å². The monoisotopic (exact) mass is 443 g/mol. The summed E-state index contributed by atoms with van der Waals surface area (Å²) in [5.41, 5.74) is 2.22. The van der Waals surface area contributed by atoms with Gasteiger partial charge in [-0.15, -0.1) is 0 Å². The number of hydrogen-bond acceptors (Lipinski definition) is 5. The zero-order valence-corrected chi connectivity index (χ0v) is 18.6. The summed E-state index contributed by atoms with van der Waals surface area (Å²) >= 11 is 0. The van der Waals surface area contributed by atoms with Crippen LogP contribution in [0.15, 0.2) is 53.4 Å². The van der Waals surface area contributed by atoms with Crippen LogP contribution in [0.3, 0.4) is 0 Å². The molecule has 8 heteroatoms. The predicted octanol–water partition coefficient (Wildman–Crippen LogP) is 3.34. The van der Waals surface area contributed by atoms with Gasteiger partial charge < -0.3 is 15.0 Å². The largest absolute Gasteiger partial charge is 0.380 e. The van der Waals surface area contributed by atoms with Gasteiger partial charge in [-0.05, 0) is 67.8 Å². The van der Waals surface area contributed by atoms with E-state index in [2.05, 4.69) is 10.2 Å². The Labute approximate surface area is 184 Å². The Morgan fingerprint density at radius 1 is 0.968 bits per heavy atom. The van der Waals surface area contributed by atoms with Gasteiger partial charge >= 0.3 is 0 Å². The molecule has 7 nitrogen and oxygen atoms in total. The van der Waals surface area contributed by atoms with Crippen LogP contribution in [0.4, 0.5) is 11.4 Å². The summed E-state index contributed by atoms with van der Waals surface area (Å²) in [4.78, 5) is 15.1. The quantitative estimate of drug-likeness (QED) is 0.741. The summed E-state index contributed by atoms with van der Waals surface area (Å²) in [5, 5.41) is 2.88. The number of carbonyl (C=O) groups is 1. The number of piperidine rings is 1. The standard InChI is InChI=1S/C23H29N3O4S/c1-30-21-13-16-25(17-21)20-9-7-19(8-10-20)24-23(27)18-5-11-22(12-6-18)31(28,29)26-14-3-2-4-15-26/h5-12,21H,2-4,13-17H2,1H3,(H,24,27). The maximum absolute atomic E-state index is 12.8. The minimum absolute atomic E-state index is 0.232. The number of amides is 1. The average Bonchev–Trinajstić information content (AvgIpc) is 3.29. The lowest BCUT2D eigenvalue weighted by Crippen LogP contribution is -2.35. The van der Waals surface area contributed by atoms with Gasteiger partial charge in [0.2, 0.25) is 10.0 Å². The van der Waals surface area contributed by atoms with Crippen molar-refractivity contribution < 1.29 is 17.9 Å². The third-order valence-corrected chi connectivity index (χ3v) is 7.95. The molecule has 2 aliphatic rings. The number of sulfonamides is 1. The molecule has 4 rings (SSSR count). The minimum Gasteiger partial charge on any atom is -0.380 e. The second-order valence-electron chi connectivity index (χ2n) is 8.08. The van der Waals surface area contributed by atoms with Gasteiger partial charge in [0.25, 0.3) is 5.91 Å². The van der Waals surface area contributed by atoms with Crippen molar-refractivity contribution in [3.8, 4) is 0 Å². The summed E-state index contributed by atoms with van der Waals surface area (Å²) in [6, 6.07) is 13.9. The summed E-state index contributed by atoms with van der Waals surface area (Å²) in [5.74, 6) is -0.268. The Balaban J connectivity index is 1.38. The van der Waals surface area contributed by atoms with Gasteiger partial charge in [-0.2, -0.15) is 4.31 Å². The van der Waals surface area contributed by atoms with Gasteiger partial charge in [0.15, 0.2) is 0 Å². The van der Waals surface area contributed by atoms with E-state index < -0.39 is 10.0 Å². The maximum Gasteiger partial charge on any atom is 0.255 e. The molecule has 2 aromatic carbocycles. The molecular weight excluding hydrogens is 414 g/mol. The molecule has 1 N–H and O–H groups in total. The molecule has 0 saturated carbocycles. The smallest absolute Gasteiger partial charge is 0.255 e. The Kier molecular flexibility index (Phi) is 6.60. The highest BCUT2D eigenvalue weighted by atomic mass is 32.2. The van der Waals surface area contributed by atoms with E-state index in [1.165, 1.54) is 16.4 Å². The molecular formula is C23H29N3O4S. The van der Waals surface area contributed by atoms with Crippen molar-refractivity contribution in [3.63, 3.8) is 0 Å². The van der Waals surface area contributed by atoms with Crippen LogP contribution >= 0.6 is 0 Å². The van der Waals surface area contributed by atoms with E-state index in [1.807, 2.05) is 24.3 Å². The Hall–Kier alpha value is -2.42. The Bertz CT molecular complexity index is 1000. The first-order valence-corrected chi connectivity index (χ1v) is 12.2. The topological polar surface area (TPSA) is 79.0 Å². The zero-order valence-electron chi connectivity index (χ0n) is 17.8. The van der Waals surface area contributed by atoms with Crippen molar-refractivity contribution in [1.82, 2.24) is 4.31 Å². The second-order valence-corrected chi connectivity index (χ2v) is 10.0. The molecule has 0 aliphatic carbocycles. The summed E-state index contributed by atoms with van der Waals surface area (Å²) in [7, 11) is -1.76. The minimum atomic E-state index is -3.49. The maximum atomic E-state index is 12.8. The van der Waals surface area contributed by atoms with Gasteiger partial charge in [0, 0.05) is 50.2 Å². The number of nitrogens with zero attached hydrogens (tertiary/aromatic N) is 2. The Morgan fingerprint density at radius 3 is 2.26 bits per heavy atom. The summed E-state index contributed by atoms with van der Waals surface area (Å²) in [6.07, 6.45) is 4.13. The lowest BCUT2D eigenvalue weighted by Gasteiger charge is -2.25. The molecule has 0 bridgehead atoms. The molecule has 1 amide bonds. The van der Waals surface area contributed by atoms with Crippen LogP contribution in [0, 0.1) is 0 Å². The molecule has 1 atom stereocenters. The van der Waals surface area contributed by atoms with Crippen molar-refractivity contribution in [2.24, 2.45) is 0 Å². The summed E-state index contributed by atoms with van der Waals surface area (Å²) in [6.45, 7) is 2.94. The van der Waals surface area contributed by atoms with E-state index >= 15 is 0 Å². The number of ether oxygens (including phenoxy) is 1. The van der Waals surface area contributed by atoms with Crippen LogP contribution in [0.25, 0.3) is 0 Å². The van der Waals surface area contributed by atoms with Crippen LogP contribution in [-0.4, -0.2) is 58.0 Å². The van der Waals surface area contributed by atoms with Crippen molar-refractivity contribution >= 4 is 27.3 Å². The third kappa shape index (κ3) is 4.92. The third-order valence-electron chi connectivity index (χ3n) is 6.04. The highest BCUT2D eigenvalue weighted by Gasteiger charge is 2.26. The molecule has 0 radical (unpaired) electrons. The number of benzene rings is 2.